The molecule has 0 unspecified atom stereocenters. The molecule has 1 aliphatic rings. The van der Waals surface area contributed by atoms with Crippen LogP contribution in [0.3, 0.4) is 0 Å². The smallest absolute Gasteiger partial charge is 0.253 e. The van der Waals surface area contributed by atoms with Gasteiger partial charge in [-0.2, -0.15) is 0 Å². The maximum Gasteiger partial charge on any atom is 0.253 e. The number of nitrogens with two attached hydrogens (primary N) is 1. The van der Waals surface area contributed by atoms with E-state index in [2.05, 4.69) is 21.2 Å². The molecule has 0 atom stereocenters. The molecule has 3 N–H and O–H groups in total. The molecule has 13 heavy (non-hydrogen) atoms. The number of benzene rings is 1. The van der Waals surface area contributed by atoms with Gasteiger partial charge in [-0.15, -0.1) is 0 Å². The highest BCUT2D eigenvalue weighted by Crippen LogP contribution is 2.27. The standard InChI is InChI=1S/C9H9BrN2O/c10-6-1-2-7(11)8-5(6)3-4-12-9(8)13/h1-2H,3-4,11H2,(H,12,13). The van der Waals surface area contributed by atoms with Gasteiger partial charge in [0.15, 0.2) is 0 Å². The number of halogens is 1. The summed E-state index contributed by atoms with van der Waals surface area (Å²) in [5.74, 6) is -0.0694. The predicted molar refractivity (Wildman–Crippen MR) is 54.6 cm³/mol. The average molecular weight is 241 g/mol. The summed E-state index contributed by atoms with van der Waals surface area (Å²) < 4.78 is 0.964. The van der Waals surface area contributed by atoms with Crippen LogP contribution < -0.4 is 11.1 Å². The minimum Gasteiger partial charge on any atom is -0.398 e. The SMILES string of the molecule is Nc1ccc(Br)c2c1C(=O)NCC2. The number of rotatable bonds is 0. The molecular weight excluding hydrogens is 232 g/mol. The van der Waals surface area contributed by atoms with Crippen LogP contribution in [0, 0.1) is 0 Å². The Labute approximate surface area is 84.4 Å². The van der Waals surface area contributed by atoms with Gasteiger partial charge in [-0.05, 0) is 24.1 Å². The van der Waals surface area contributed by atoms with E-state index < -0.39 is 0 Å². The first kappa shape index (κ1) is 8.56. The number of amides is 1. The molecule has 68 valence electrons. The molecule has 1 aliphatic heterocycles. The van der Waals surface area contributed by atoms with Crippen molar-refractivity contribution < 1.29 is 4.79 Å². The van der Waals surface area contributed by atoms with Gasteiger partial charge < -0.3 is 11.1 Å². The van der Waals surface area contributed by atoms with Crippen LogP contribution in [0.15, 0.2) is 16.6 Å². The van der Waals surface area contributed by atoms with E-state index in [9.17, 15) is 4.79 Å². The van der Waals surface area contributed by atoms with Gasteiger partial charge in [0.2, 0.25) is 0 Å². The largest absolute Gasteiger partial charge is 0.398 e. The van der Waals surface area contributed by atoms with Crippen LogP contribution in [0.2, 0.25) is 0 Å². The molecule has 1 amide bonds. The van der Waals surface area contributed by atoms with E-state index in [1.54, 1.807) is 6.07 Å². The Morgan fingerprint density at radius 3 is 2.92 bits per heavy atom. The number of carbonyl (C=O) groups is 1. The molecule has 4 heteroatoms. The van der Waals surface area contributed by atoms with Crippen LogP contribution in [-0.2, 0) is 6.42 Å². The van der Waals surface area contributed by atoms with Gasteiger partial charge in [0.05, 0.1) is 5.56 Å². The molecule has 1 heterocycles. The third kappa shape index (κ3) is 1.31. The molecule has 1 aromatic carbocycles. The van der Waals surface area contributed by atoms with Gasteiger partial charge in [-0.1, -0.05) is 15.9 Å². The summed E-state index contributed by atoms with van der Waals surface area (Å²) in [4.78, 5) is 11.4. The van der Waals surface area contributed by atoms with Gasteiger partial charge in [0.25, 0.3) is 5.91 Å². The zero-order chi connectivity index (χ0) is 9.42. The second kappa shape index (κ2) is 3.03. The Morgan fingerprint density at radius 1 is 1.46 bits per heavy atom. The number of carbonyl (C=O) groups excluding carboxylic acids is 1. The topological polar surface area (TPSA) is 55.1 Å². The molecule has 0 aromatic heterocycles. The van der Waals surface area contributed by atoms with E-state index in [0.717, 1.165) is 16.5 Å². The van der Waals surface area contributed by atoms with Crippen molar-refractivity contribution in [1.82, 2.24) is 5.32 Å². The first-order valence-corrected chi connectivity index (χ1v) is 4.84. The normalized spacial score (nSPS) is 15.0. The summed E-state index contributed by atoms with van der Waals surface area (Å²) in [6.07, 6.45) is 0.840. The minimum atomic E-state index is -0.0694. The Kier molecular flexibility index (Phi) is 2.00. The van der Waals surface area contributed by atoms with Crippen LogP contribution in [0.4, 0.5) is 5.69 Å². The lowest BCUT2D eigenvalue weighted by atomic mass is 9.99. The molecule has 1 aromatic rings. The second-order valence-corrected chi connectivity index (χ2v) is 3.85. The third-order valence-electron chi connectivity index (χ3n) is 2.18. The van der Waals surface area contributed by atoms with Crippen molar-refractivity contribution >= 4 is 27.5 Å². The zero-order valence-corrected chi connectivity index (χ0v) is 8.52. The minimum absolute atomic E-state index is 0.0694. The number of nitrogen functional groups attached to an aromatic ring is 1. The molecule has 3 nitrogen and oxygen atoms in total. The fourth-order valence-electron chi connectivity index (χ4n) is 1.54. The predicted octanol–water partition coefficient (Wildman–Crippen LogP) is 1.32. The summed E-state index contributed by atoms with van der Waals surface area (Å²) in [5.41, 5.74) is 7.91. The summed E-state index contributed by atoms with van der Waals surface area (Å²) in [6, 6.07) is 3.63. The highest BCUT2D eigenvalue weighted by molar-refractivity contribution is 9.10. The molecule has 0 fully saturated rings. The summed E-state index contributed by atoms with van der Waals surface area (Å²) >= 11 is 3.41. The molecule has 2 rings (SSSR count). The Morgan fingerprint density at radius 2 is 2.23 bits per heavy atom. The molecule has 0 radical (unpaired) electrons. The highest BCUT2D eigenvalue weighted by atomic mass is 79.9. The number of hydrogen-bond donors (Lipinski definition) is 2. The highest BCUT2D eigenvalue weighted by Gasteiger charge is 2.20. The Hall–Kier alpha value is -1.03. The first-order chi connectivity index (χ1) is 6.20. The van der Waals surface area contributed by atoms with Crippen molar-refractivity contribution in [1.29, 1.82) is 0 Å². The van der Waals surface area contributed by atoms with E-state index in [-0.39, 0.29) is 5.91 Å². The number of fused-ring (bicyclic) bond motifs is 1. The van der Waals surface area contributed by atoms with Crippen molar-refractivity contribution in [3.63, 3.8) is 0 Å². The van der Waals surface area contributed by atoms with Gasteiger partial charge in [-0.3, -0.25) is 4.79 Å². The van der Waals surface area contributed by atoms with Crippen molar-refractivity contribution in [2.75, 3.05) is 12.3 Å². The van der Waals surface area contributed by atoms with Crippen LogP contribution in [0.5, 0.6) is 0 Å². The number of anilines is 1. The third-order valence-corrected chi connectivity index (χ3v) is 2.92. The van der Waals surface area contributed by atoms with E-state index >= 15 is 0 Å². The van der Waals surface area contributed by atoms with Crippen molar-refractivity contribution in [2.45, 2.75) is 6.42 Å². The summed E-state index contributed by atoms with van der Waals surface area (Å²) in [5, 5.41) is 2.77. The molecule has 0 saturated carbocycles. The summed E-state index contributed by atoms with van der Waals surface area (Å²) in [7, 11) is 0. The maximum absolute atomic E-state index is 11.4. The van der Waals surface area contributed by atoms with Gasteiger partial charge >= 0.3 is 0 Å². The van der Waals surface area contributed by atoms with Crippen LogP contribution >= 0.6 is 15.9 Å². The van der Waals surface area contributed by atoms with E-state index in [4.69, 9.17) is 5.73 Å². The molecule has 0 spiro atoms. The maximum atomic E-state index is 11.4. The second-order valence-electron chi connectivity index (χ2n) is 3.00. The lowest BCUT2D eigenvalue weighted by molar-refractivity contribution is 0.0947. The summed E-state index contributed by atoms with van der Waals surface area (Å²) in [6.45, 7) is 0.688. The van der Waals surface area contributed by atoms with Crippen LogP contribution in [0.25, 0.3) is 0 Å². The van der Waals surface area contributed by atoms with E-state index in [1.807, 2.05) is 6.07 Å². The van der Waals surface area contributed by atoms with Gasteiger partial charge in [0, 0.05) is 16.7 Å². The number of hydrogen-bond acceptors (Lipinski definition) is 2. The lowest BCUT2D eigenvalue weighted by Gasteiger charge is -2.19. The quantitative estimate of drug-likeness (QED) is 0.673. The molecule has 0 aliphatic carbocycles. The van der Waals surface area contributed by atoms with Gasteiger partial charge in [0.1, 0.15) is 0 Å². The number of nitrogens with one attached hydrogen (secondary N) is 1. The Balaban J connectivity index is 2.67. The monoisotopic (exact) mass is 240 g/mol. The average Bonchev–Trinajstić information content (AvgIpc) is 2.12. The fraction of sp³-hybridized carbons (Fsp3) is 0.222. The zero-order valence-electron chi connectivity index (χ0n) is 6.93. The lowest BCUT2D eigenvalue weighted by Crippen LogP contribution is -2.32. The molecular formula is C9H9BrN2O. The Bertz CT molecular complexity index is 376. The van der Waals surface area contributed by atoms with Gasteiger partial charge in [-0.25, -0.2) is 0 Å². The first-order valence-electron chi connectivity index (χ1n) is 4.05. The van der Waals surface area contributed by atoms with Crippen LogP contribution in [0.1, 0.15) is 15.9 Å². The molecule has 0 bridgehead atoms. The van der Waals surface area contributed by atoms with Crippen molar-refractivity contribution in [3.05, 3.63) is 27.7 Å². The van der Waals surface area contributed by atoms with E-state index in [0.29, 0.717) is 17.8 Å². The van der Waals surface area contributed by atoms with Crippen molar-refractivity contribution in [3.8, 4) is 0 Å². The van der Waals surface area contributed by atoms with Crippen LogP contribution in [-0.4, -0.2) is 12.5 Å². The fourth-order valence-corrected chi connectivity index (χ4v) is 2.07. The van der Waals surface area contributed by atoms with Crippen molar-refractivity contribution in [2.24, 2.45) is 0 Å². The molecule has 0 saturated heterocycles. The van der Waals surface area contributed by atoms with E-state index in [1.165, 1.54) is 0 Å².